The molecule has 0 amide bonds. The third-order valence-electron chi connectivity index (χ3n) is 2.64. The van der Waals surface area contributed by atoms with Crippen molar-refractivity contribution < 1.29 is 14.6 Å². The van der Waals surface area contributed by atoms with Gasteiger partial charge in [0, 0.05) is 5.56 Å². The Morgan fingerprint density at radius 3 is 2.92 bits per heavy atom. The number of Topliss-reactive ketones (excluding diaryl/α,β-unsaturated/α-hetero) is 1. The Hall–Kier alpha value is -1.19. The second-order valence-corrected chi connectivity index (χ2v) is 3.42. The van der Waals surface area contributed by atoms with Crippen molar-refractivity contribution in [2.75, 3.05) is 0 Å². The third-order valence-corrected chi connectivity index (χ3v) is 2.64. The molecule has 1 aromatic rings. The van der Waals surface area contributed by atoms with Crippen LogP contribution in [0, 0.1) is 0 Å². The van der Waals surface area contributed by atoms with E-state index in [1.54, 1.807) is 18.2 Å². The summed E-state index contributed by atoms with van der Waals surface area (Å²) in [5.74, 6) is 0.00546. The number of aliphatic hydroxyl groups is 1. The van der Waals surface area contributed by atoms with Crippen molar-refractivity contribution in [3.05, 3.63) is 35.4 Å². The molecule has 1 aromatic carbocycles. The Bertz CT molecular complexity index is 386. The molecule has 13 heavy (non-hydrogen) atoms. The molecule has 1 aliphatic heterocycles. The predicted molar refractivity (Wildman–Crippen MR) is 44.4 cm³/mol. The summed E-state index contributed by atoms with van der Waals surface area (Å²) < 4.78 is 5.09. The van der Waals surface area contributed by atoms with Crippen molar-refractivity contribution in [1.29, 1.82) is 0 Å². The van der Waals surface area contributed by atoms with E-state index >= 15 is 0 Å². The van der Waals surface area contributed by atoms with E-state index in [4.69, 9.17) is 4.74 Å². The minimum absolute atomic E-state index is 0.00546. The average molecular weight is 176 g/mol. The molecule has 0 bridgehead atoms. The molecular weight excluding hydrogens is 168 g/mol. The van der Waals surface area contributed by atoms with E-state index in [0.717, 1.165) is 0 Å². The summed E-state index contributed by atoms with van der Waals surface area (Å²) in [6.07, 6.45) is -1.30. The number of ketones is 1. The minimum atomic E-state index is -0.626. The lowest BCUT2D eigenvalue weighted by Crippen LogP contribution is -2.23. The molecule has 2 aliphatic rings. The molecule has 3 heteroatoms. The number of fused-ring (bicyclic) bond motifs is 2. The SMILES string of the molecule is O=C1c2ccccc2[C@@H](O)[C@@H]2O[C@H]12. The number of carbonyl (C=O) groups is 1. The second kappa shape index (κ2) is 2.19. The monoisotopic (exact) mass is 176 g/mol. The maximum Gasteiger partial charge on any atom is 0.194 e. The number of carbonyl (C=O) groups excluding carboxylic acids is 1. The van der Waals surface area contributed by atoms with Crippen LogP contribution in [0.4, 0.5) is 0 Å². The Kier molecular flexibility index (Phi) is 1.22. The van der Waals surface area contributed by atoms with Crippen LogP contribution in [-0.2, 0) is 4.74 Å². The number of aliphatic hydroxyl groups excluding tert-OH is 1. The fourth-order valence-corrected chi connectivity index (χ4v) is 1.88. The van der Waals surface area contributed by atoms with Crippen LogP contribution >= 0.6 is 0 Å². The zero-order valence-corrected chi connectivity index (χ0v) is 6.81. The maximum atomic E-state index is 11.6. The fraction of sp³-hybridized carbons (Fsp3) is 0.300. The quantitative estimate of drug-likeness (QED) is 0.591. The Morgan fingerprint density at radius 1 is 1.31 bits per heavy atom. The van der Waals surface area contributed by atoms with Crippen molar-refractivity contribution in [2.45, 2.75) is 18.3 Å². The van der Waals surface area contributed by atoms with E-state index in [2.05, 4.69) is 0 Å². The van der Waals surface area contributed by atoms with Gasteiger partial charge >= 0.3 is 0 Å². The van der Waals surface area contributed by atoms with Crippen LogP contribution in [0.15, 0.2) is 24.3 Å². The second-order valence-electron chi connectivity index (χ2n) is 3.42. The summed E-state index contributed by atoms with van der Waals surface area (Å²) in [7, 11) is 0. The van der Waals surface area contributed by atoms with Crippen LogP contribution in [0.2, 0.25) is 0 Å². The first-order valence-electron chi connectivity index (χ1n) is 4.26. The third kappa shape index (κ3) is 0.829. The zero-order chi connectivity index (χ0) is 9.00. The van der Waals surface area contributed by atoms with Crippen LogP contribution in [0.3, 0.4) is 0 Å². The highest BCUT2D eigenvalue weighted by Crippen LogP contribution is 2.42. The Balaban J connectivity index is 2.20. The molecule has 0 unspecified atom stereocenters. The molecule has 1 saturated heterocycles. The van der Waals surface area contributed by atoms with Gasteiger partial charge in [-0.15, -0.1) is 0 Å². The summed E-state index contributed by atoms with van der Waals surface area (Å²) in [5, 5.41) is 9.71. The molecule has 3 nitrogen and oxygen atoms in total. The standard InChI is InChI=1S/C10H8O3/c11-7-5-3-1-2-4-6(5)8(12)10-9(7)13-10/h1-4,7,9-11H/t7-,9+,10-/m1/s1. The minimum Gasteiger partial charge on any atom is -0.386 e. The van der Waals surface area contributed by atoms with Gasteiger partial charge in [0.05, 0.1) is 0 Å². The van der Waals surface area contributed by atoms with Gasteiger partial charge in [0.15, 0.2) is 5.78 Å². The van der Waals surface area contributed by atoms with E-state index in [1.165, 1.54) is 0 Å². The molecule has 0 saturated carbocycles. The van der Waals surface area contributed by atoms with Crippen LogP contribution in [0.1, 0.15) is 22.0 Å². The van der Waals surface area contributed by atoms with Crippen molar-refractivity contribution in [3.8, 4) is 0 Å². The van der Waals surface area contributed by atoms with Crippen LogP contribution in [-0.4, -0.2) is 23.1 Å². The lowest BCUT2D eigenvalue weighted by Gasteiger charge is -2.15. The van der Waals surface area contributed by atoms with Crippen LogP contribution < -0.4 is 0 Å². The summed E-state index contributed by atoms with van der Waals surface area (Å²) in [4.78, 5) is 11.6. The molecule has 0 aromatic heterocycles. The van der Waals surface area contributed by atoms with Gasteiger partial charge in [-0.25, -0.2) is 0 Å². The lowest BCUT2D eigenvalue weighted by molar-refractivity contribution is 0.0941. The average Bonchev–Trinajstić information content (AvgIpc) is 2.94. The molecule has 3 rings (SSSR count). The van der Waals surface area contributed by atoms with Crippen molar-refractivity contribution in [1.82, 2.24) is 0 Å². The van der Waals surface area contributed by atoms with Crippen LogP contribution in [0.5, 0.6) is 0 Å². The first-order valence-corrected chi connectivity index (χ1v) is 4.26. The molecule has 66 valence electrons. The van der Waals surface area contributed by atoms with Gasteiger partial charge in [0.1, 0.15) is 18.3 Å². The van der Waals surface area contributed by atoms with E-state index in [9.17, 15) is 9.90 Å². The number of epoxide rings is 1. The smallest absolute Gasteiger partial charge is 0.194 e. The summed E-state index contributed by atoms with van der Waals surface area (Å²) in [6.45, 7) is 0. The van der Waals surface area contributed by atoms with Gasteiger partial charge in [-0.2, -0.15) is 0 Å². The van der Waals surface area contributed by atoms with Gasteiger partial charge in [-0.1, -0.05) is 24.3 Å². The van der Waals surface area contributed by atoms with E-state index < -0.39 is 6.10 Å². The molecule has 3 atom stereocenters. The normalized spacial score (nSPS) is 35.2. The molecule has 0 spiro atoms. The topological polar surface area (TPSA) is 49.8 Å². The zero-order valence-electron chi connectivity index (χ0n) is 6.81. The molecule has 1 heterocycles. The molecular formula is C10H8O3. The largest absolute Gasteiger partial charge is 0.386 e. The fourth-order valence-electron chi connectivity index (χ4n) is 1.88. The Labute approximate surface area is 74.9 Å². The van der Waals surface area contributed by atoms with Gasteiger partial charge in [-0.3, -0.25) is 4.79 Å². The predicted octanol–water partition coefficient (Wildman–Crippen LogP) is 0.684. The van der Waals surface area contributed by atoms with Crippen molar-refractivity contribution >= 4 is 5.78 Å². The van der Waals surface area contributed by atoms with E-state index in [1.807, 2.05) is 6.07 Å². The van der Waals surface area contributed by atoms with Gasteiger partial charge in [0.25, 0.3) is 0 Å². The number of hydrogen-bond acceptors (Lipinski definition) is 3. The van der Waals surface area contributed by atoms with Crippen LogP contribution in [0.25, 0.3) is 0 Å². The van der Waals surface area contributed by atoms with Crippen molar-refractivity contribution in [2.24, 2.45) is 0 Å². The molecule has 0 radical (unpaired) electrons. The highest BCUT2D eigenvalue weighted by atomic mass is 16.6. The summed E-state index contributed by atoms with van der Waals surface area (Å²) in [5.41, 5.74) is 1.31. The number of rotatable bonds is 0. The van der Waals surface area contributed by atoms with Gasteiger partial charge in [0.2, 0.25) is 0 Å². The molecule has 1 N–H and O–H groups in total. The lowest BCUT2D eigenvalue weighted by atomic mass is 9.89. The summed E-state index contributed by atoms with van der Waals surface area (Å²) in [6, 6.07) is 7.12. The van der Waals surface area contributed by atoms with E-state index in [0.29, 0.717) is 11.1 Å². The summed E-state index contributed by atoms with van der Waals surface area (Å²) >= 11 is 0. The van der Waals surface area contributed by atoms with E-state index in [-0.39, 0.29) is 18.0 Å². The first kappa shape index (κ1) is 7.24. The Morgan fingerprint density at radius 2 is 2.08 bits per heavy atom. The molecule has 1 aliphatic carbocycles. The maximum absolute atomic E-state index is 11.6. The van der Waals surface area contributed by atoms with Crippen molar-refractivity contribution in [3.63, 3.8) is 0 Å². The van der Waals surface area contributed by atoms with Gasteiger partial charge in [-0.05, 0) is 5.56 Å². The number of benzene rings is 1. The highest BCUT2D eigenvalue weighted by molar-refractivity contribution is 6.04. The molecule has 1 fully saturated rings. The highest BCUT2D eigenvalue weighted by Gasteiger charge is 2.54. The number of hydrogen-bond donors (Lipinski definition) is 1. The first-order chi connectivity index (χ1) is 6.29. The van der Waals surface area contributed by atoms with Gasteiger partial charge < -0.3 is 9.84 Å². The number of ether oxygens (including phenoxy) is 1.